The molecule has 0 aromatic carbocycles. The van der Waals surface area contributed by atoms with Crippen LogP contribution in [0.1, 0.15) is 18.2 Å². The molecule has 0 N–H and O–H groups in total. The van der Waals surface area contributed by atoms with Gasteiger partial charge in [0, 0.05) is 24.7 Å². The molecular formula is C12H16N4O. The molecule has 1 saturated heterocycles. The second-order valence-corrected chi connectivity index (χ2v) is 4.59. The first-order valence-corrected chi connectivity index (χ1v) is 5.85. The molecule has 0 aliphatic carbocycles. The molecule has 3 rings (SSSR count). The highest BCUT2D eigenvalue weighted by Gasteiger charge is 2.24. The maximum Gasteiger partial charge on any atom is 0.159 e. The van der Waals surface area contributed by atoms with Crippen molar-refractivity contribution >= 4 is 5.65 Å². The summed E-state index contributed by atoms with van der Waals surface area (Å²) in [4.78, 5) is 6.90. The van der Waals surface area contributed by atoms with Gasteiger partial charge in [-0.25, -0.2) is 9.50 Å². The molecule has 5 nitrogen and oxygen atoms in total. The Morgan fingerprint density at radius 3 is 3.06 bits per heavy atom. The monoisotopic (exact) mass is 232 g/mol. The molecule has 90 valence electrons. The standard InChI is InChI=1S/C12H16N4O/c1-15-5-3-9(8-15)12-13-11-7-10(17-2)4-6-16(11)14-12/h4,6-7,9H,3,5,8H2,1-2H3. The first-order chi connectivity index (χ1) is 8.26. The van der Waals surface area contributed by atoms with Crippen LogP contribution < -0.4 is 4.74 Å². The van der Waals surface area contributed by atoms with Crippen LogP contribution in [0.4, 0.5) is 0 Å². The average Bonchev–Trinajstić information content (AvgIpc) is 2.93. The number of likely N-dealkylation sites (N-methyl/N-ethyl adjacent to an activating group) is 1. The smallest absolute Gasteiger partial charge is 0.159 e. The topological polar surface area (TPSA) is 42.7 Å². The van der Waals surface area contributed by atoms with E-state index in [4.69, 9.17) is 4.74 Å². The highest BCUT2D eigenvalue weighted by Crippen LogP contribution is 2.24. The number of pyridine rings is 1. The van der Waals surface area contributed by atoms with Crippen LogP contribution in [0.2, 0.25) is 0 Å². The lowest BCUT2D eigenvalue weighted by Crippen LogP contribution is -2.13. The fraction of sp³-hybridized carbons (Fsp3) is 0.500. The Balaban J connectivity index is 1.96. The number of likely N-dealkylation sites (tertiary alicyclic amines) is 1. The van der Waals surface area contributed by atoms with Crippen LogP contribution in [0.5, 0.6) is 5.75 Å². The summed E-state index contributed by atoms with van der Waals surface area (Å²) in [6.07, 6.45) is 3.04. The van der Waals surface area contributed by atoms with Gasteiger partial charge in [0.2, 0.25) is 0 Å². The fourth-order valence-electron chi connectivity index (χ4n) is 2.33. The Kier molecular flexibility index (Phi) is 2.48. The molecule has 2 aromatic heterocycles. The van der Waals surface area contributed by atoms with Gasteiger partial charge >= 0.3 is 0 Å². The molecule has 0 spiro atoms. The van der Waals surface area contributed by atoms with Gasteiger partial charge in [-0.15, -0.1) is 0 Å². The van der Waals surface area contributed by atoms with Gasteiger partial charge in [-0.3, -0.25) is 0 Å². The van der Waals surface area contributed by atoms with Crippen molar-refractivity contribution in [3.05, 3.63) is 24.2 Å². The minimum Gasteiger partial charge on any atom is -0.497 e. The summed E-state index contributed by atoms with van der Waals surface area (Å²) in [7, 11) is 3.80. The van der Waals surface area contributed by atoms with Crippen LogP contribution in [-0.2, 0) is 0 Å². The number of methoxy groups -OCH3 is 1. The average molecular weight is 232 g/mol. The molecule has 0 amide bonds. The van der Waals surface area contributed by atoms with Crippen LogP contribution in [0, 0.1) is 0 Å². The van der Waals surface area contributed by atoms with E-state index in [2.05, 4.69) is 22.0 Å². The summed E-state index contributed by atoms with van der Waals surface area (Å²) in [5, 5.41) is 4.53. The molecule has 1 aliphatic rings. The van der Waals surface area contributed by atoms with E-state index in [1.54, 1.807) is 7.11 Å². The van der Waals surface area contributed by atoms with Gasteiger partial charge in [0.15, 0.2) is 11.5 Å². The quantitative estimate of drug-likeness (QED) is 0.779. The summed E-state index contributed by atoms with van der Waals surface area (Å²) in [6.45, 7) is 2.18. The molecule has 1 unspecified atom stereocenters. The van der Waals surface area contributed by atoms with Crippen molar-refractivity contribution in [1.29, 1.82) is 0 Å². The molecule has 0 bridgehead atoms. The Morgan fingerprint density at radius 2 is 2.35 bits per heavy atom. The fourth-order valence-corrected chi connectivity index (χ4v) is 2.33. The summed E-state index contributed by atoms with van der Waals surface area (Å²) in [6, 6.07) is 3.81. The second-order valence-electron chi connectivity index (χ2n) is 4.59. The number of fused-ring (bicyclic) bond motifs is 1. The van der Waals surface area contributed by atoms with Crippen molar-refractivity contribution in [3.8, 4) is 5.75 Å². The highest BCUT2D eigenvalue weighted by atomic mass is 16.5. The number of hydrogen-bond acceptors (Lipinski definition) is 4. The summed E-state index contributed by atoms with van der Waals surface area (Å²) >= 11 is 0. The molecule has 3 heterocycles. The van der Waals surface area contributed by atoms with E-state index in [1.807, 2.05) is 22.8 Å². The van der Waals surface area contributed by atoms with Gasteiger partial charge in [-0.2, -0.15) is 5.10 Å². The second kappa shape index (κ2) is 4.00. The molecule has 1 fully saturated rings. The third kappa shape index (κ3) is 1.86. The predicted octanol–water partition coefficient (Wildman–Crippen LogP) is 1.16. The van der Waals surface area contributed by atoms with Crippen molar-refractivity contribution in [1.82, 2.24) is 19.5 Å². The first-order valence-electron chi connectivity index (χ1n) is 5.85. The number of hydrogen-bond donors (Lipinski definition) is 0. The van der Waals surface area contributed by atoms with Crippen LogP contribution in [0.3, 0.4) is 0 Å². The lowest BCUT2D eigenvalue weighted by molar-refractivity contribution is 0.409. The molecular weight excluding hydrogens is 216 g/mol. The van der Waals surface area contributed by atoms with Gasteiger partial charge in [-0.1, -0.05) is 0 Å². The Hall–Kier alpha value is -1.62. The molecule has 0 radical (unpaired) electrons. The van der Waals surface area contributed by atoms with E-state index in [-0.39, 0.29) is 0 Å². The molecule has 1 aliphatic heterocycles. The number of nitrogens with zero attached hydrogens (tertiary/aromatic N) is 4. The van der Waals surface area contributed by atoms with Crippen LogP contribution in [-0.4, -0.2) is 46.7 Å². The van der Waals surface area contributed by atoms with Crippen LogP contribution in [0.15, 0.2) is 18.3 Å². The largest absolute Gasteiger partial charge is 0.497 e. The maximum absolute atomic E-state index is 5.18. The van der Waals surface area contributed by atoms with Crippen molar-refractivity contribution in [3.63, 3.8) is 0 Å². The molecule has 0 saturated carbocycles. The van der Waals surface area contributed by atoms with Crippen molar-refractivity contribution in [2.24, 2.45) is 0 Å². The van der Waals surface area contributed by atoms with Gasteiger partial charge in [0.25, 0.3) is 0 Å². The van der Waals surface area contributed by atoms with E-state index in [1.165, 1.54) is 0 Å². The van der Waals surface area contributed by atoms with Gasteiger partial charge < -0.3 is 9.64 Å². The Bertz CT molecular complexity index is 536. The lowest BCUT2D eigenvalue weighted by Gasteiger charge is -2.05. The maximum atomic E-state index is 5.18. The third-order valence-corrected chi connectivity index (χ3v) is 3.32. The van der Waals surface area contributed by atoms with Crippen LogP contribution >= 0.6 is 0 Å². The number of ether oxygens (including phenoxy) is 1. The minimum absolute atomic E-state index is 0.464. The zero-order valence-electron chi connectivity index (χ0n) is 10.1. The van der Waals surface area contributed by atoms with E-state index in [0.29, 0.717) is 5.92 Å². The Labute approximate surface area is 100 Å². The van der Waals surface area contributed by atoms with Gasteiger partial charge in [-0.05, 0) is 26.1 Å². The first kappa shape index (κ1) is 10.5. The van der Waals surface area contributed by atoms with Gasteiger partial charge in [0.1, 0.15) is 5.75 Å². The molecule has 17 heavy (non-hydrogen) atoms. The van der Waals surface area contributed by atoms with Gasteiger partial charge in [0.05, 0.1) is 7.11 Å². The minimum atomic E-state index is 0.464. The van der Waals surface area contributed by atoms with Crippen molar-refractivity contribution in [2.45, 2.75) is 12.3 Å². The van der Waals surface area contributed by atoms with Crippen molar-refractivity contribution in [2.75, 3.05) is 27.2 Å². The molecule has 5 heteroatoms. The molecule has 1 atom stereocenters. The van der Waals surface area contributed by atoms with E-state index in [0.717, 1.165) is 36.7 Å². The predicted molar refractivity (Wildman–Crippen MR) is 64.4 cm³/mol. The van der Waals surface area contributed by atoms with E-state index >= 15 is 0 Å². The summed E-state index contributed by atoms with van der Waals surface area (Å²) in [5.74, 6) is 2.23. The SMILES string of the molecule is COc1ccn2nc(C3CCN(C)C3)nc2c1. The normalized spacial score (nSPS) is 21.2. The van der Waals surface area contributed by atoms with E-state index < -0.39 is 0 Å². The Morgan fingerprint density at radius 1 is 1.47 bits per heavy atom. The zero-order valence-corrected chi connectivity index (χ0v) is 10.1. The van der Waals surface area contributed by atoms with E-state index in [9.17, 15) is 0 Å². The zero-order chi connectivity index (χ0) is 11.8. The van der Waals surface area contributed by atoms with Crippen molar-refractivity contribution < 1.29 is 4.74 Å². The number of rotatable bonds is 2. The third-order valence-electron chi connectivity index (χ3n) is 3.32. The highest BCUT2D eigenvalue weighted by molar-refractivity contribution is 5.43. The summed E-state index contributed by atoms with van der Waals surface area (Å²) < 4.78 is 7.00. The lowest BCUT2D eigenvalue weighted by atomic mass is 10.1. The molecule has 2 aromatic rings. The number of aromatic nitrogens is 3. The van der Waals surface area contributed by atoms with Crippen LogP contribution in [0.25, 0.3) is 5.65 Å². The summed E-state index contributed by atoms with van der Waals surface area (Å²) in [5.41, 5.74) is 0.855.